The highest BCUT2D eigenvalue weighted by Gasteiger charge is 2.00. The number of aryl methyl sites for hydroxylation is 1. The van der Waals surface area contributed by atoms with E-state index in [-0.39, 0.29) is 6.42 Å². The van der Waals surface area contributed by atoms with Crippen LogP contribution in [0.2, 0.25) is 0 Å². The second-order valence-electron chi connectivity index (χ2n) is 2.73. The van der Waals surface area contributed by atoms with Crippen molar-refractivity contribution in [3.05, 3.63) is 34.3 Å². The van der Waals surface area contributed by atoms with E-state index in [4.69, 9.17) is 0 Å². The maximum absolute atomic E-state index is 10.9. The standard InChI is InChI=1S/C10H8BrNO2/c11-9-3-1-2-8(6-9)4-5-10(14)12-7-13/h1-3,6H,4-5H2. The molecule has 0 aliphatic rings. The van der Waals surface area contributed by atoms with E-state index < -0.39 is 5.91 Å². The highest BCUT2D eigenvalue weighted by Crippen LogP contribution is 2.12. The molecule has 0 fully saturated rings. The van der Waals surface area contributed by atoms with Crippen molar-refractivity contribution in [1.82, 2.24) is 0 Å². The largest absolute Gasteiger partial charge is 0.272 e. The summed E-state index contributed by atoms with van der Waals surface area (Å²) < 4.78 is 0.973. The molecule has 1 rings (SSSR count). The molecule has 1 aromatic rings. The van der Waals surface area contributed by atoms with Gasteiger partial charge in [-0.05, 0) is 24.1 Å². The van der Waals surface area contributed by atoms with Crippen LogP contribution in [-0.2, 0) is 16.0 Å². The zero-order chi connectivity index (χ0) is 10.4. The van der Waals surface area contributed by atoms with Crippen LogP contribution >= 0.6 is 15.9 Å². The van der Waals surface area contributed by atoms with Gasteiger partial charge in [-0.25, -0.2) is 4.79 Å². The summed E-state index contributed by atoms with van der Waals surface area (Å²) >= 11 is 3.33. The zero-order valence-electron chi connectivity index (χ0n) is 7.37. The fourth-order valence-corrected chi connectivity index (χ4v) is 1.50. The van der Waals surface area contributed by atoms with Crippen molar-refractivity contribution in [1.29, 1.82) is 0 Å². The van der Waals surface area contributed by atoms with E-state index in [0.29, 0.717) is 6.42 Å². The van der Waals surface area contributed by atoms with E-state index in [9.17, 15) is 9.59 Å². The van der Waals surface area contributed by atoms with Crippen LogP contribution in [-0.4, -0.2) is 12.0 Å². The molecule has 14 heavy (non-hydrogen) atoms. The first-order valence-corrected chi connectivity index (χ1v) is 4.87. The Balaban J connectivity index is 2.53. The Bertz CT molecular complexity index is 383. The highest BCUT2D eigenvalue weighted by atomic mass is 79.9. The fraction of sp³-hybridized carbons (Fsp3) is 0.200. The van der Waals surface area contributed by atoms with Crippen molar-refractivity contribution in [3.8, 4) is 0 Å². The van der Waals surface area contributed by atoms with Crippen molar-refractivity contribution in [2.75, 3.05) is 0 Å². The van der Waals surface area contributed by atoms with Crippen molar-refractivity contribution in [3.63, 3.8) is 0 Å². The van der Waals surface area contributed by atoms with Gasteiger partial charge in [0.2, 0.25) is 6.08 Å². The number of benzene rings is 1. The Labute approximate surface area is 90.0 Å². The molecule has 3 nitrogen and oxygen atoms in total. The molecule has 0 spiro atoms. The first-order chi connectivity index (χ1) is 6.72. The minimum absolute atomic E-state index is 0.242. The average molecular weight is 254 g/mol. The lowest BCUT2D eigenvalue weighted by atomic mass is 10.1. The van der Waals surface area contributed by atoms with E-state index in [2.05, 4.69) is 20.9 Å². The molecule has 1 amide bonds. The molecule has 0 unspecified atom stereocenters. The van der Waals surface area contributed by atoms with Gasteiger partial charge in [-0.3, -0.25) is 4.79 Å². The molecule has 0 aliphatic carbocycles. The molecule has 0 heterocycles. The van der Waals surface area contributed by atoms with Crippen molar-refractivity contribution in [2.24, 2.45) is 4.99 Å². The number of hydrogen-bond donors (Lipinski definition) is 0. The third-order valence-electron chi connectivity index (χ3n) is 1.69. The summed E-state index contributed by atoms with van der Waals surface area (Å²) in [6.07, 6.45) is 2.06. The molecule has 0 saturated heterocycles. The smallest absolute Gasteiger partial charge is 0.256 e. The van der Waals surface area contributed by atoms with Gasteiger partial charge in [0.25, 0.3) is 5.91 Å². The maximum Gasteiger partial charge on any atom is 0.256 e. The maximum atomic E-state index is 10.9. The second kappa shape index (κ2) is 5.47. The average Bonchev–Trinajstić information content (AvgIpc) is 2.15. The minimum Gasteiger partial charge on any atom is -0.272 e. The van der Waals surface area contributed by atoms with Gasteiger partial charge in [-0.15, -0.1) is 4.99 Å². The van der Waals surface area contributed by atoms with Crippen LogP contribution < -0.4 is 0 Å². The van der Waals surface area contributed by atoms with Gasteiger partial charge < -0.3 is 0 Å². The van der Waals surface area contributed by atoms with Crippen LogP contribution in [0.4, 0.5) is 0 Å². The first-order valence-electron chi connectivity index (χ1n) is 4.07. The normalized spacial score (nSPS) is 9.21. The zero-order valence-corrected chi connectivity index (χ0v) is 8.95. The number of isocyanates is 1. The van der Waals surface area contributed by atoms with Gasteiger partial charge in [0.05, 0.1) is 0 Å². The summed E-state index contributed by atoms with van der Waals surface area (Å²) in [4.78, 5) is 23.6. The second-order valence-corrected chi connectivity index (χ2v) is 3.64. The van der Waals surface area contributed by atoms with E-state index in [1.165, 1.54) is 6.08 Å². The van der Waals surface area contributed by atoms with Crippen LogP contribution in [0.3, 0.4) is 0 Å². The van der Waals surface area contributed by atoms with Gasteiger partial charge in [-0.2, -0.15) is 0 Å². The molecular weight excluding hydrogens is 246 g/mol. The summed E-state index contributed by atoms with van der Waals surface area (Å²) in [5.41, 5.74) is 1.04. The molecule has 72 valence electrons. The van der Waals surface area contributed by atoms with E-state index >= 15 is 0 Å². The highest BCUT2D eigenvalue weighted by molar-refractivity contribution is 9.10. The number of nitrogens with zero attached hydrogens (tertiary/aromatic N) is 1. The Morgan fingerprint density at radius 3 is 2.93 bits per heavy atom. The van der Waals surface area contributed by atoms with Crippen LogP contribution in [0.15, 0.2) is 33.7 Å². The molecular formula is C10H8BrNO2. The van der Waals surface area contributed by atoms with Crippen LogP contribution in [0.1, 0.15) is 12.0 Å². The SMILES string of the molecule is O=C=NC(=O)CCc1cccc(Br)c1. The molecule has 0 saturated carbocycles. The van der Waals surface area contributed by atoms with Crippen LogP contribution in [0.5, 0.6) is 0 Å². The number of carbonyl (C=O) groups is 1. The summed E-state index contributed by atoms with van der Waals surface area (Å²) in [5, 5.41) is 0. The molecule has 0 radical (unpaired) electrons. The van der Waals surface area contributed by atoms with Crippen molar-refractivity contribution >= 4 is 27.9 Å². The fourth-order valence-electron chi connectivity index (χ4n) is 1.05. The molecule has 0 aromatic heterocycles. The number of amides is 1. The predicted molar refractivity (Wildman–Crippen MR) is 55.6 cm³/mol. The quantitative estimate of drug-likeness (QED) is 0.613. The van der Waals surface area contributed by atoms with Gasteiger partial charge in [-0.1, -0.05) is 28.1 Å². The minimum atomic E-state index is -0.431. The Kier molecular flexibility index (Phi) is 4.23. The van der Waals surface area contributed by atoms with Crippen molar-refractivity contribution < 1.29 is 9.59 Å². The molecule has 0 N–H and O–H groups in total. The Morgan fingerprint density at radius 2 is 2.29 bits per heavy atom. The summed E-state index contributed by atoms with van der Waals surface area (Å²) in [6, 6.07) is 7.66. The molecule has 0 aliphatic heterocycles. The number of carbonyl (C=O) groups excluding carboxylic acids is 2. The monoisotopic (exact) mass is 253 g/mol. The van der Waals surface area contributed by atoms with Gasteiger partial charge in [0.1, 0.15) is 0 Å². The molecule has 4 heteroatoms. The van der Waals surface area contributed by atoms with E-state index in [0.717, 1.165) is 10.0 Å². The summed E-state index contributed by atoms with van der Waals surface area (Å²) in [6.45, 7) is 0. The molecule has 1 aromatic carbocycles. The summed E-state index contributed by atoms with van der Waals surface area (Å²) in [5.74, 6) is -0.431. The molecule has 0 atom stereocenters. The Hall–Kier alpha value is -1.25. The van der Waals surface area contributed by atoms with Gasteiger partial charge in [0.15, 0.2) is 0 Å². The lowest BCUT2D eigenvalue weighted by molar-refractivity contribution is -0.117. The number of rotatable bonds is 3. The van der Waals surface area contributed by atoms with E-state index in [1.54, 1.807) is 0 Å². The third-order valence-corrected chi connectivity index (χ3v) is 2.18. The van der Waals surface area contributed by atoms with Crippen molar-refractivity contribution in [2.45, 2.75) is 12.8 Å². The number of halogens is 1. The third kappa shape index (κ3) is 3.64. The number of aliphatic imine (C=N–C) groups is 1. The lowest BCUT2D eigenvalue weighted by Gasteiger charge is -1.98. The predicted octanol–water partition coefficient (Wildman–Crippen LogP) is 2.24. The van der Waals surface area contributed by atoms with Gasteiger partial charge >= 0.3 is 0 Å². The molecule has 0 bridgehead atoms. The van der Waals surface area contributed by atoms with Gasteiger partial charge in [0, 0.05) is 10.9 Å². The van der Waals surface area contributed by atoms with Crippen LogP contribution in [0, 0.1) is 0 Å². The first kappa shape index (κ1) is 10.8. The van der Waals surface area contributed by atoms with Crippen LogP contribution in [0.25, 0.3) is 0 Å². The topological polar surface area (TPSA) is 46.5 Å². The number of hydrogen-bond acceptors (Lipinski definition) is 2. The van der Waals surface area contributed by atoms with E-state index in [1.807, 2.05) is 24.3 Å². The Morgan fingerprint density at radius 1 is 1.50 bits per heavy atom. The summed E-state index contributed by atoms with van der Waals surface area (Å²) in [7, 11) is 0. The lowest BCUT2D eigenvalue weighted by Crippen LogP contribution is -1.95.